The van der Waals surface area contributed by atoms with Crippen LogP contribution in [0, 0.1) is 0 Å². The van der Waals surface area contributed by atoms with Crippen LogP contribution < -0.4 is 5.32 Å². The Morgan fingerprint density at radius 3 is 1.89 bits per heavy atom. The topological polar surface area (TPSA) is 41.5 Å². The number of hydrogen-bond donors (Lipinski definition) is 1. The number of nitrogens with one attached hydrogen (secondary N) is 1. The molecule has 1 N–H and O–H groups in total. The Hall–Kier alpha value is -1.79. The van der Waals surface area contributed by atoms with Crippen molar-refractivity contribution >= 4 is 34.8 Å². The maximum atomic E-state index is 11.7. The Labute approximate surface area is 227 Å². The summed E-state index contributed by atoms with van der Waals surface area (Å²) in [5, 5.41) is 3.96. The maximum absolute atomic E-state index is 11.7. The number of hydrogen-bond acceptors (Lipinski definition) is 2. The van der Waals surface area contributed by atoms with E-state index in [9.17, 15) is 18.0 Å². The van der Waals surface area contributed by atoms with Gasteiger partial charge in [-0.2, -0.15) is 13.2 Å². The summed E-state index contributed by atoms with van der Waals surface area (Å²) < 4.78 is 33.7. The molecule has 0 spiro atoms. The fourth-order valence-corrected chi connectivity index (χ4v) is 2.84. The van der Waals surface area contributed by atoms with Gasteiger partial charge < -0.3 is 5.32 Å². The average Bonchev–Trinajstić information content (AvgIpc) is 2.83. The van der Waals surface area contributed by atoms with Gasteiger partial charge in [0.25, 0.3) is 5.91 Å². The Morgan fingerprint density at radius 2 is 1.56 bits per heavy atom. The molecular formula is C28H45Cl2F3N2O. The molecule has 0 saturated carbocycles. The molecule has 0 radical (unpaired) electrons. The summed E-state index contributed by atoms with van der Waals surface area (Å²) in [5.41, 5.74) is 4.54. The monoisotopic (exact) mass is 552 g/mol. The minimum absolute atomic E-state index is 0.0951. The number of nitrogens with zero attached hydrogens (tertiary/aromatic N) is 1. The second-order valence-corrected chi connectivity index (χ2v) is 8.54. The predicted octanol–water partition coefficient (Wildman–Crippen LogP) is 10.2. The minimum Gasteiger partial charge on any atom is -0.327 e. The van der Waals surface area contributed by atoms with Gasteiger partial charge in [-0.15, -0.1) is 0 Å². The third-order valence-electron chi connectivity index (χ3n) is 4.63. The lowest BCUT2D eigenvalue weighted by molar-refractivity contribution is -0.135. The third kappa shape index (κ3) is 20.4. The van der Waals surface area contributed by atoms with E-state index in [0.29, 0.717) is 27.7 Å². The predicted molar refractivity (Wildman–Crippen MR) is 152 cm³/mol. The largest absolute Gasteiger partial charge is 0.389 e. The van der Waals surface area contributed by atoms with Gasteiger partial charge >= 0.3 is 6.18 Å². The maximum Gasteiger partial charge on any atom is 0.389 e. The smallest absolute Gasteiger partial charge is 0.327 e. The quantitative estimate of drug-likeness (QED) is 0.253. The summed E-state index contributed by atoms with van der Waals surface area (Å²) in [5.74, 6) is -0.0951. The summed E-state index contributed by atoms with van der Waals surface area (Å²) >= 11 is 11.5. The Kier molecular flexibility index (Phi) is 24.1. The van der Waals surface area contributed by atoms with Gasteiger partial charge in [-0.1, -0.05) is 83.3 Å². The lowest BCUT2D eigenvalue weighted by Gasteiger charge is -2.10. The van der Waals surface area contributed by atoms with E-state index in [-0.39, 0.29) is 12.3 Å². The van der Waals surface area contributed by atoms with Crippen LogP contribution in [-0.2, 0) is 11.2 Å². The van der Waals surface area contributed by atoms with E-state index in [1.54, 1.807) is 20.9 Å². The van der Waals surface area contributed by atoms with E-state index in [0.717, 1.165) is 30.5 Å². The van der Waals surface area contributed by atoms with Crippen molar-refractivity contribution in [1.29, 1.82) is 0 Å². The lowest BCUT2D eigenvalue weighted by Crippen LogP contribution is -2.23. The number of aryl methyl sites for hydroxylation is 1. The van der Waals surface area contributed by atoms with Crippen molar-refractivity contribution in [1.82, 2.24) is 5.32 Å². The first kappa shape index (κ1) is 38.7. The van der Waals surface area contributed by atoms with Crippen LogP contribution in [0.3, 0.4) is 0 Å². The molecule has 208 valence electrons. The van der Waals surface area contributed by atoms with Crippen molar-refractivity contribution in [3.63, 3.8) is 0 Å². The summed E-state index contributed by atoms with van der Waals surface area (Å²) in [6.45, 7) is 19.1. The van der Waals surface area contributed by atoms with Crippen LogP contribution in [0.4, 0.5) is 13.2 Å². The second-order valence-electron chi connectivity index (χ2n) is 7.73. The van der Waals surface area contributed by atoms with E-state index in [2.05, 4.69) is 30.7 Å². The van der Waals surface area contributed by atoms with Gasteiger partial charge in [0, 0.05) is 30.5 Å². The molecule has 0 unspecified atom stereocenters. The van der Waals surface area contributed by atoms with Crippen molar-refractivity contribution in [2.75, 3.05) is 7.05 Å². The highest BCUT2D eigenvalue weighted by molar-refractivity contribution is 6.42. The molecule has 0 aromatic heterocycles. The van der Waals surface area contributed by atoms with Crippen LogP contribution in [0.5, 0.6) is 0 Å². The molecule has 0 aliphatic carbocycles. The first-order chi connectivity index (χ1) is 16.7. The standard InChI is InChI=1S/C13H22N2O.C8H8Cl2.C5H9F3.C2H6/c1-7-8-12(14-6)10(4)11(5)13(16)15-9(2)3;1-2-6-3-4-7(9)8(10)5-6;1-2-3-4-5(6,7)8;1-2/h2,7-8H2,1,3-6H3,(H,15,16);3-5H,2H2,1H3;2-4H2,1H3;1-2H3/b11-10+,14-12?;;;. The molecule has 0 bridgehead atoms. The van der Waals surface area contributed by atoms with Crippen LogP contribution >= 0.6 is 23.2 Å². The van der Waals surface area contributed by atoms with Gasteiger partial charge in [0.2, 0.25) is 0 Å². The van der Waals surface area contributed by atoms with Gasteiger partial charge in [-0.25, -0.2) is 0 Å². The summed E-state index contributed by atoms with van der Waals surface area (Å²) in [6, 6.07) is 5.70. The van der Waals surface area contributed by atoms with Crippen molar-refractivity contribution in [2.24, 2.45) is 4.99 Å². The van der Waals surface area contributed by atoms with Crippen molar-refractivity contribution < 1.29 is 18.0 Å². The molecule has 8 heteroatoms. The Bertz CT molecular complexity index is 833. The normalized spacial score (nSPS) is 11.4. The van der Waals surface area contributed by atoms with Crippen LogP contribution in [0.25, 0.3) is 0 Å². The van der Waals surface area contributed by atoms with Gasteiger partial charge in [0.05, 0.1) is 10.0 Å². The number of amides is 1. The van der Waals surface area contributed by atoms with E-state index in [4.69, 9.17) is 23.2 Å². The van der Waals surface area contributed by atoms with Gasteiger partial charge in [0.15, 0.2) is 0 Å². The molecule has 0 fully saturated rings. The summed E-state index contributed by atoms with van der Waals surface area (Å²) in [4.78, 5) is 16.0. The van der Waals surface area contributed by atoms with Crippen molar-refractivity contribution in [3.05, 3.63) is 57.2 Å². The number of carbonyl (C=O) groups is 1. The zero-order valence-electron chi connectivity index (χ0n) is 23.4. The Morgan fingerprint density at radius 1 is 1.00 bits per heavy atom. The van der Waals surface area contributed by atoms with Crippen molar-refractivity contribution in [2.45, 2.75) is 100 Å². The number of benzene rings is 1. The van der Waals surface area contributed by atoms with Crippen LogP contribution in [0.15, 0.2) is 46.6 Å². The number of halogens is 5. The molecule has 36 heavy (non-hydrogen) atoms. The molecule has 0 saturated heterocycles. The highest BCUT2D eigenvalue weighted by atomic mass is 35.5. The zero-order chi connectivity index (χ0) is 28.9. The van der Waals surface area contributed by atoms with E-state index in [1.807, 2.05) is 45.9 Å². The molecule has 3 nitrogen and oxygen atoms in total. The third-order valence-corrected chi connectivity index (χ3v) is 5.36. The molecule has 1 rings (SSSR count). The molecule has 0 aliphatic rings. The first-order valence-corrected chi connectivity index (χ1v) is 13.1. The fraction of sp³-hybridized carbons (Fsp3) is 0.571. The van der Waals surface area contributed by atoms with E-state index < -0.39 is 12.6 Å². The fourth-order valence-electron chi connectivity index (χ4n) is 2.51. The van der Waals surface area contributed by atoms with Gasteiger partial charge in [-0.3, -0.25) is 9.79 Å². The highest BCUT2D eigenvalue weighted by Gasteiger charge is 2.25. The molecule has 0 heterocycles. The number of rotatable bonds is 8. The molecular weight excluding hydrogens is 508 g/mol. The van der Waals surface area contributed by atoms with E-state index >= 15 is 0 Å². The number of unbranched alkanes of at least 4 members (excludes halogenated alkanes) is 1. The second kappa shape index (κ2) is 22.4. The zero-order valence-corrected chi connectivity index (χ0v) is 24.9. The number of carbonyl (C=O) groups excluding carboxylic acids is 1. The van der Waals surface area contributed by atoms with Gasteiger partial charge in [0.1, 0.15) is 0 Å². The van der Waals surface area contributed by atoms with Crippen molar-refractivity contribution in [3.8, 4) is 0 Å². The van der Waals surface area contributed by atoms with Crippen LogP contribution in [0.2, 0.25) is 10.0 Å². The number of allylic oxidation sites excluding steroid dienone is 2. The summed E-state index contributed by atoms with van der Waals surface area (Å²) in [7, 11) is 1.76. The number of aliphatic imine (C=N–C) groups is 1. The molecule has 1 aromatic rings. The van der Waals surface area contributed by atoms with Crippen LogP contribution in [-0.4, -0.2) is 24.8 Å². The Balaban J connectivity index is -0.000000467. The number of alkyl halides is 3. The SMILES string of the molecule is C=C(C)NC(=O)/C(C)=C(\C)C(CCC)=NC.CC.CCCCC(F)(F)F.CCc1ccc(Cl)c(Cl)c1. The summed E-state index contributed by atoms with van der Waals surface area (Å²) in [6.07, 6.45) is -0.793. The average molecular weight is 554 g/mol. The minimum atomic E-state index is -3.95. The molecule has 0 aliphatic heterocycles. The van der Waals surface area contributed by atoms with Crippen LogP contribution in [0.1, 0.15) is 93.1 Å². The first-order valence-electron chi connectivity index (χ1n) is 12.3. The molecule has 1 amide bonds. The highest BCUT2D eigenvalue weighted by Crippen LogP contribution is 2.23. The lowest BCUT2D eigenvalue weighted by atomic mass is 10.0. The molecule has 1 aromatic carbocycles. The molecule has 0 atom stereocenters. The van der Waals surface area contributed by atoms with E-state index in [1.165, 1.54) is 5.56 Å². The van der Waals surface area contributed by atoms with Gasteiger partial charge in [-0.05, 0) is 63.3 Å².